The number of thioether (sulfide) groups is 1. The molecule has 2 aromatic rings. The van der Waals surface area contributed by atoms with E-state index < -0.39 is 0 Å². The highest BCUT2D eigenvalue weighted by molar-refractivity contribution is 8.01. The lowest BCUT2D eigenvalue weighted by Gasteiger charge is -2.17. The molecule has 2 amide bonds. The van der Waals surface area contributed by atoms with Crippen molar-refractivity contribution in [2.45, 2.75) is 35.3 Å². The molecule has 0 radical (unpaired) electrons. The number of benzene rings is 1. The van der Waals surface area contributed by atoms with Gasteiger partial charge in [-0.15, -0.1) is 11.3 Å². The molecule has 1 saturated carbocycles. The number of aromatic nitrogens is 1. The number of hydrogen-bond donors (Lipinski definition) is 0. The first-order chi connectivity index (χ1) is 13.7. The Bertz CT molecular complexity index is 1030. The molecule has 28 heavy (non-hydrogen) atoms. The van der Waals surface area contributed by atoms with Crippen LogP contribution >= 0.6 is 23.1 Å². The van der Waals surface area contributed by atoms with Crippen molar-refractivity contribution >= 4 is 50.8 Å². The number of carbonyl (C=O) groups excluding carboxylic acids is 2. The van der Waals surface area contributed by atoms with Crippen molar-refractivity contribution in [1.29, 1.82) is 0 Å². The third-order valence-corrected chi connectivity index (χ3v) is 8.88. The molecule has 2 bridgehead atoms. The standard InChI is InChI=1S/C22H20N2O2S2/c25-20-18-12-6-7-13(10-12)19(18)21(26)24(20)14-8-9-16-17(11-14)28-22(23-16)27-15-4-2-1-3-5-15/h2,4,6-9,11-13,15,18-19H,1,3,5,10H2/t12-,13-,15-,18-,19+/m0/s1. The van der Waals surface area contributed by atoms with E-state index in [0.29, 0.717) is 10.9 Å². The molecule has 0 spiro atoms. The number of amides is 2. The highest BCUT2D eigenvalue weighted by Crippen LogP contribution is 2.53. The van der Waals surface area contributed by atoms with Crippen LogP contribution in [0.2, 0.25) is 0 Å². The van der Waals surface area contributed by atoms with Crippen molar-refractivity contribution in [3.8, 4) is 0 Å². The average molecular weight is 409 g/mol. The molecule has 0 unspecified atom stereocenters. The molecule has 1 aliphatic heterocycles. The predicted octanol–water partition coefficient (Wildman–Crippen LogP) is 4.81. The van der Waals surface area contributed by atoms with Gasteiger partial charge < -0.3 is 0 Å². The second-order valence-electron chi connectivity index (χ2n) is 8.16. The van der Waals surface area contributed by atoms with Crippen molar-refractivity contribution in [3.05, 3.63) is 42.5 Å². The van der Waals surface area contributed by atoms with Gasteiger partial charge in [-0.05, 0) is 55.7 Å². The number of anilines is 1. The zero-order valence-electron chi connectivity index (χ0n) is 15.3. The molecule has 6 rings (SSSR count). The lowest BCUT2D eigenvalue weighted by molar-refractivity contribution is -0.123. The number of fused-ring (bicyclic) bond motifs is 6. The fourth-order valence-corrected chi connectivity index (χ4v) is 7.69. The van der Waals surface area contributed by atoms with E-state index in [4.69, 9.17) is 4.98 Å². The van der Waals surface area contributed by atoms with Gasteiger partial charge in [-0.1, -0.05) is 36.1 Å². The van der Waals surface area contributed by atoms with E-state index in [1.165, 1.54) is 24.2 Å². The van der Waals surface area contributed by atoms with Gasteiger partial charge in [0.15, 0.2) is 4.34 Å². The van der Waals surface area contributed by atoms with Gasteiger partial charge in [0.25, 0.3) is 0 Å². The lowest BCUT2D eigenvalue weighted by atomic mass is 9.85. The van der Waals surface area contributed by atoms with Crippen molar-refractivity contribution in [1.82, 2.24) is 4.98 Å². The van der Waals surface area contributed by atoms with E-state index in [1.54, 1.807) is 11.3 Å². The number of imide groups is 1. The van der Waals surface area contributed by atoms with Gasteiger partial charge in [-0.25, -0.2) is 9.88 Å². The Labute approximate surface area is 171 Å². The molecule has 6 heteroatoms. The summed E-state index contributed by atoms with van der Waals surface area (Å²) in [5, 5.41) is 0.498. The first kappa shape index (κ1) is 17.0. The van der Waals surface area contributed by atoms with Gasteiger partial charge in [-0.3, -0.25) is 9.59 Å². The van der Waals surface area contributed by atoms with Crippen LogP contribution in [0.4, 0.5) is 5.69 Å². The minimum atomic E-state index is -0.149. The summed E-state index contributed by atoms with van der Waals surface area (Å²) in [5.74, 6) is 0.160. The summed E-state index contributed by atoms with van der Waals surface area (Å²) in [5.41, 5.74) is 1.64. The van der Waals surface area contributed by atoms with E-state index in [1.807, 2.05) is 30.0 Å². The van der Waals surface area contributed by atoms with Crippen LogP contribution < -0.4 is 4.90 Å². The van der Waals surface area contributed by atoms with Crippen molar-refractivity contribution in [3.63, 3.8) is 0 Å². The van der Waals surface area contributed by atoms with Gasteiger partial charge in [0.2, 0.25) is 11.8 Å². The SMILES string of the molecule is O=C1[C@@H]2[C@H](C(=O)N1c1ccc3nc(S[C@H]4C=CCCC4)sc3c1)[C@H]1C=C[C@H]2C1. The molecule has 142 valence electrons. The first-order valence-corrected chi connectivity index (χ1v) is 11.7. The van der Waals surface area contributed by atoms with Gasteiger partial charge >= 0.3 is 0 Å². The van der Waals surface area contributed by atoms with Gasteiger partial charge in [0, 0.05) is 5.25 Å². The fourth-order valence-electron chi connectivity index (χ4n) is 5.25. The van der Waals surface area contributed by atoms with Crippen LogP contribution in [0.5, 0.6) is 0 Å². The summed E-state index contributed by atoms with van der Waals surface area (Å²) in [7, 11) is 0. The average Bonchev–Trinajstić information content (AvgIpc) is 3.45. The normalized spacial score (nSPS) is 33.4. The zero-order chi connectivity index (χ0) is 18.8. The van der Waals surface area contributed by atoms with Gasteiger partial charge in [0.05, 0.1) is 27.7 Å². The van der Waals surface area contributed by atoms with Crippen LogP contribution in [0, 0.1) is 23.7 Å². The third kappa shape index (κ3) is 2.47. The maximum atomic E-state index is 13.0. The molecule has 0 N–H and O–H groups in total. The van der Waals surface area contributed by atoms with Crippen LogP contribution in [-0.2, 0) is 9.59 Å². The Morgan fingerprint density at radius 1 is 1.07 bits per heavy atom. The summed E-state index contributed by atoms with van der Waals surface area (Å²) in [6.45, 7) is 0. The summed E-state index contributed by atoms with van der Waals surface area (Å²) >= 11 is 3.47. The van der Waals surface area contributed by atoms with Crippen LogP contribution in [0.15, 0.2) is 46.8 Å². The first-order valence-electron chi connectivity index (χ1n) is 9.99. The Morgan fingerprint density at radius 2 is 1.86 bits per heavy atom. The number of allylic oxidation sites excluding steroid dienone is 3. The maximum Gasteiger partial charge on any atom is 0.238 e. The maximum absolute atomic E-state index is 13.0. The lowest BCUT2D eigenvalue weighted by Crippen LogP contribution is -2.32. The monoisotopic (exact) mass is 408 g/mol. The minimum absolute atomic E-state index is 0.0161. The quantitative estimate of drug-likeness (QED) is 0.540. The summed E-state index contributed by atoms with van der Waals surface area (Å²) in [4.78, 5) is 32.3. The Morgan fingerprint density at radius 3 is 2.57 bits per heavy atom. The molecular formula is C22H20N2O2S2. The fraction of sp³-hybridized carbons (Fsp3) is 0.409. The van der Waals surface area contributed by atoms with Crippen molar-refractivity contribution < 1.29 is 9.59 Å². The molecule has 3 aliphatic carbocycles. The number of thiazole rings is 1. The highest BCUT2D eigenvalue weighted by Gasteiger charge is 2.59. The Hall–Kier alpha value is -1.92. The van der Waals surface area contributed by atoms with Crippen molar-refractivity contribution in [2.75, 3.05) is 4.90 Å². The van der Waals surface area contributed by atoms with Crippen LogP contribution in [0.25, 0.3) is 10.2 Å². The minimum Gasteiger partial charge on any atom is -0.274 e. The van der Waals surface area contributed by atoms with Crippen LogP contribution in [0.1, 0.15) is 25.7 Å². The van der Waals surface area contributed by atoms with Gasteiger partial charge in [0.1, 0.15) is 0 Å². The molecule has 5 atom stereocenters. The summed E-state index contributed by atoms with van der Waals surface area (Å²) < 4.78 is 2.10. The number of nitrogens with zero attached hydrogens (tertiary/aromatic N) is 2. The molecular weight excluding hydrogens is 388 g/mol. The topological polar surface area (TPSA) is 50.3 Å². The Balaban J connectivity index is 1.30. The Kier molecular flexibility index (Phi) is 3.82. The number of rotatable bonds is 3. The molecule has 4 nitrogen and oxygen atoms in total. The summed E-state index contributed by atoms with van der Waals surface area (Å²) in [6, 6.07) is 5.80. The molecule has 1 saturated heterocycles. The van der Waals surface area contributed by atoms with E-state index in [-0.39, 0.29) is 35.5 Å². The third-order valence-electron chi connectivity index (χ3n) is 6.54. The van der Waals surface area contributed by atoms with Crippen LogP contribution in [-0.4, -0.2) is 22.0 Å². The molecule has 1 aromatic heterocycles. The van der Waals surface area contributed by atoms with E-state index in [0.717, 1.165) is 21.0 Å². The largest absolute Gasteiger partial charge is 0.274 e. The second kappa shape index (κ2) is 6.29. The molecule has 4 aliphatic rings. The van der Waals surface area contributed by atoms with Gasteiger partial charge in [-0.2, -0.15) is 0 Å². The summed E-state index contributed by atoms with van der Waals surface area (Å²) in [6.07, 6.45) is 13.4. The number of hydrogen-bond acceptors (Lipinski definition) is 5. The van der Waals surface area contributed by atoms with E-state index >= 15 is 0 Å². The second-order valence-corrected chi connectivity index (χ2v) is 10.7. The predicted molar refractivity (Wildman–Crippen MR) is 112 cm³/mol. The van der Waals surface area contributed by atoms with Crippen LogP contribution in [0.3, 0.4) is 0 Å². The molecule has 2 fully saturated rings. The molecule has 1 aromatic carbocycles. The zero-order valence-corrected chi connectivity index (χ0v) is 16.9. The molecule has 2 heterocycles. The van der Waals surface area contributed by atoms with Crippen molar-refractivity contribution in [2.24, 2.45) is 23.7 Å². The highest BCUT2D eigenvalue weighted by atomic mass is 32.2. The van der Waals surface area contributed by atoms with E-state index in [2.05, 4.69) is 24.3 Å². The number of carbonyl (C=O) groups is 2. The smallest absolute Gasteiger partial charge is 0.238 e. The van der Waals surface area contributed by atoms with E-state index in [9.17, 15) is 9.59 Å².